The summed E-state index contributed by atoms with van der Waals surface area (Å²) in [5, 5.41) is 9.20. The van der Waals surface area contributed by atoms with E-state index in [1.54, 1.807) is 0 Å². The molecule has 0 unspecified atom stereocenters. The van der Waals surface area contributed by atoms with Crippen LogP contribution in [0.3, 0.4) is 0 Å². The first-order chi connectivity index (χ1) is 4.57. The minimum absolute atomic E-state index is 0.133. The van der Waals surface area contributed by atoms with Crippen molar-refractivity contribution in [2.75, 3.05) is 0 Å². The van der Waals surface area contributed by atoms with Crippen molar-refractivity contribution in [2.45, 2.75) is 33.1 Å². The van der Waals surface area contributed by atoms with Gasteiger partial charge in [0.05, 0.1) is 5.76 Å². The van der Waals surface area contributed by atoms with Gasteiger partial charge in [-0.15, -0.1) is 0 Å². The third-order valence-electron chi connectivity index (χ3n) is 2.26. The Hall–Kier alpha value is -0.460. The van der Waals surface area contributed by atoms with E-state index in [2.05, 4.69) is 20.4 Å². The smallest absolute Gasteiger partial charge is 0.0912 e. The molecule has 1 aliphatic rings. The summed E-state index contributed by atoms with van der Waals surface area (Å²) in [6.45, 7) is 7.96. The van der Waals surface area contributed by atoms with E-state index in [0.717, 1.165) is 19.3 Å². The van der Waals surface area contributed by atoms with E-state index < -0.39 is 0 Å². The molecule has 10 heavy (non-hydrogen) atoms. The summed E-state index contributed by atoms with van der Waals surface area (Å²) in [7, 11) is 0. The summed E-state index contributed by atoms with van der Waals surface area (Å²) in [5.74, 6) is 1.08. The quantitative estimate of drug-likeness (QED) is 0.597. The fourth-order valence-electron chi connectivity index (χ4n) is 1.54. The molecule has 0 radical (unpaired) electrons. The first-order valence-corrected chi connectivity index (χ1v) is 3.95. The lowest BCUT2D eigenvalue weighted by Gasteiger charge is -2.15. The second kappa shape index (κ2) is 2.30. The average molecular weight is 140 g/mol. The van der Waals surface area contributed by atoms with Crippen molar-refractivity contribution in [1.82, 2.24) is 0 Å². The van der Waals surface area contributed by atoms with Gasteiger partial charge in [0.25, 0.3) is 0 Å². The summed E-state index contributed by atoms with van der Waals surface area (Å²) in [4.78, 5) is 0. The van der Waals surface area contributed by atoms with Crippen LogP contribution in [0.2, 0.25) is 0 Å². The fourth-order valence-corrected chi connectivity index (χ4v) is 1.54. The van der Waals surface area contributed by atoms with E-state index in [0.29, 0.717) is 11.7 Å². The number of rotatable bonds is 3. The predicted octanol–water partition coefficient (Wildman–Crippen LogP) is 2.88. The Morgan fingerprint density at radius 1 is 1.60 bits per heavy atom. The Labute approximate surface area is 62.8 Å². The van der Waals surface area contributed by atoms with Gasteiger partial charge in [-0.3, -0.25) is 0 Å². The minimum Gasteiger partial charge on any atom is -0.512 e. The van der Waals surface area contributed by atoms with Crippen LogP contribution in [0.5, 0.6) is 0 Å². The molecule has 0 amide bonds. The van der Waals surface area contributed by atoms with Gasteiger partial charge < -0.3 is 5.11 Å². The molecular formula is C9H16O. The summed E-state index contributed by atoms with van der Waals surface area (Å²) in [6, 6.07) is 0. The molecule has 0 bridgehead atoms. The van der Waals surface area contributed by atoms with Crippen LogP contribution in [0.4, 0.5) is 0 Å². The maximum Gasteiger partial charge on any atom is 0.0912 e. The highest BCUT2D eigenvalue weighted by Crippen LogP contribution is 2.54. The van der Waals surface area contributed by atoms with Gasteiger partial charge in [-0.05, 0) is 25.2 Å². The van der Waals surface area contributed by atoms with Crippen molar-refractivity contribution in [1.29, 1.82) is 0 Å². The van der Waals surface area contributed by atoms with Crippen LogP contribution < -0.4 is 0 Å². The Morgan fingerprint density at radius 2 is 2.10 bits per heavy atom. The van der Waals surface area contributed by atoms with Gasteiger partial charge >= 0.3 is 0 Å². The lowest BCUT2D eigenvalue weighted by Crippen LogP contribution is -2.06. The van der Waals surface area contributed by atoms with E-state index in [9.17, 15) is 5.11 Å². The van der Waals surface area contributed by atoms with Crippen molar-refractivity contribution in [3.63, 3.8) is 0 Å². The van der Waals surface area contributed by atoms with Gasteiger partial charge in [-0.1, -0.05) is 20.4 Å². The molecule has 0 aromatic carbocycles. The Morgan fingerprint density at radius 3 is 2.20 bits per heavy atom. The predicted molar refractivity (Wildman–Crippen MR) is 42.9 cm³/mol. The van der Waals surface area contributed by atoms with Crippen LogP contribution in [0, 0.1) is 11.3 Å². The van der Waals surface area contributed by atoms with Gasteiger partial charge in [-0.25, -0.2) is 0 Å². The Kier molecular flexibility index (Phi) is 1.76. The molecule has 0 aromatic heterocycles. The lowest BCUT2D eigenvalue weighted by atomic mass is 9.93. The third-order valence-corrected chi connectivity index (χ3v) is 2.26. The SMILES string of the molecule is C=C(O)C1(CC(C)C)CC1. The van der Waals surface area contributed by atoms with E-state index >= 15 is 0 Å². The topological polar surface area (TPSA) is 20.2 Å². The number of aliphatic hydroxyl groups is 1. The van der Waals surface area contributed by atoms with E-state index in [-0.39, 0.29) is 5.41 Å². The molecule has 1 nitrogen and oxygen atoms in total. The van der Waals surface area contributed by atoms with Crippen LogP contribution >= 0.6 is 0 Å². The minimum atomic E-state index is 0.133. The monoisotopic (exact) mass is 140 g/mol. The van der Waals surface area contributed by atoms with Crippen molar-refractivity contribution < 1.29 is 5.11 Å². The molecule has 0 saturated heterocycles. The van der Waals surface area contributed by atoms with E-state index in [4.69, 9.17) is 0 Å². The molecule has 58 valence electrons. The van der Waals surface area contributed by atoms with Crippen LogP contribution in [0.15, 0.2) is 12.3 Å². The molecule has 0 aromatic rings. The maximum atomic E-state index is 9.20. The van der Waals surface area contributed by atoms with Crippen LogP contribution in [-0.2, 0) is 0 Å². The molecule has 0 atom stereocenters. The molecule has 0 aliphatic heterocycles. The molecule has 1 saturated carbocycles. The maximum absolute atomic E-state index is 9.20. The second-order valence-corrected chi connectivity index (χ2v) is 3.82. The van der Waals surface area contributed by atoms with Crippen molar-refractivity contribution in [3.05, 3.63) is 12.3 Å². The average Bonchev–Trinajstić information content (AvgIpc) is 2.46. The van der Waals surface area contributed by atoms with Crippen molar-refractivity contribution >= 4 is 0 Å². The number of aliphatic hydroxyl groups excluding tert-OH is 1. The molecule has 1 rings (SSSR count). The molecule has 1 aliphatic carbocycles. The number of hydrogen-bond donors (Lipinski definition) is 1. The van der Waals surface area contributed by atoms with Crippen LogP contribution in [0.25, 0.3) is 0 Å². The van der Waals surface area contributed by atoms with E-state index in [1.165, 1.54) is 0 Å². The molecule has 0 heterocycles. The second-order valence-electron chi connectivity index (χ2n) is 3.82. The highest BCUT2D eigenvalue weighted by atomic mass is 16.3. The van der Waals surface area contributed by atoms with Gasteiger partial charge in [0.2, 0.25) is 0 Å². The first kappa shape index (κ1) is 7.64. The van der Waals surface area contributed by atoms with Crippen LogP contribution in [0.1, 0.15) is 33.1 Å². The van der Waals surface area contributed by atoms with Gasteiger partial charge in [0, 0.05) is 5.41 Å². The van der Waals surface area contributed by atoms with Gasteiger partial charge in [-0.2, -0.15) is 0 Å². The lowest BCUT2D eigenvalue weighted by molar-refractivity contribution is 0.285. The standard InChI is InChI=1S/C9H16O/c1-7(2)6-9(4-5-9)8(3)10/h7,10H,3-6H2,1-2H3. The zero-order chi connectivity index (χ0) is 7.78. The Balaban J connectivity index is 2.45. The summed E-state index contributed by atoms with van der Waals surface area (Å²) < 4.78 is 0. The highest BCUT2D eigenvalue weighted by molar-refractivity contribution is 5.11. The normalized spacial score (nSPS) is 21.1. The number of hydrogen-bond acceptors (Lipinski definition) is 1. The van der Waals surface area contributed by atoms with Crippen LogP contribution in [-0.4, -0.2) is 5.11 Å². The number of allylic oxidation sites excluding steroid dienone is 1. The summed E-state index contributed by atoms with van der Waals surface area (Å²) in [5.41, 5.74) is 0.133. The Bertz CT molecular complexity index is 143. The van der Waals surface area contributed by atoms with Gasteiger partial charge in [0.1, 0.15) is 0 Å². The first-order valence-electron chi connectivity index (χ1n) is 3.95. The van der Waals surface area contributed by atoms with Gasteiger partial charge in [0.15, 0.2) is 0 Å². The summed E-state index contributed by atoms with van der Waals surface area (Å²) in [6.07, 6.45) is 3.38. The molecular weight excluding hydrogens is 124 g/mol. The highest BCUT2D eigenvalue weighted by Gasteiger charge is 2.45. The molecule has 1 fully saturated rings. The third kappa shape index (κ3) is 1.34. The fraction of sp³-hybridized carbons (Fsp3) is 0.778. The zero-order valence-electron chi connectivity index (χ0n) is 6.85. The van der Waals surface area contributed by atoms with E-state index in [1.807, 2.05) is 0 Å². The molecule has 1 heteroatoms. The van der Waals surface area contributed by atoms with Crippen molar-refractivity contribution in [2.24, 2.45) is 11.3 Å². The zero-order valence-corrected chi connectivity index (χ0v) is 6.85. The molecule has 1 N–H and O–H groups in total. The molecule has 0 spiro atoms. The van der Waals surface area contributed by atoms with Crippen molar-refractivity contribution in [3.8, 4) is 0 Å². The summed E-state index contributed by atoms with van der Waals surface area (Å²) >= 11 is 0. The largest absolute Gasteiger partial charge is 0.512 e.